The minimum atomic E-state index is -4.56. The third-order valence-corrected chi connectivity index (χ3v) is 4.45. The first-order valence-corrected chi connectivity index (χ1v) is 9.12. The monoisotopic (exact) mass is 406 g/mol. The number of carbonyl (C=O) groups is 2. The van der Waals surface area contributed by atoms with Crippen LogP contribution < -0.4 is 0 Å². The summed E-state index contributed by atoms with van der Waals surface area (Å²) in [4.78, 5) is 29.9. The van der Waals surface area contributed by atoms with Crippen LogP contribution >= 0.6 is 0 Å². The highest BCUT2D eigenvalue weighted by Gasteiger charge is 2.32. The Morgan fingerprint density at radius 3 is 2.31 bits per heavy atom. The number of ketones is 1. The number of hydrogen-bond donors (Lipinski definition) is 0. The second-order valence-electron chi connectivity index (χ2n) is 7.89. The molecular formula is C21H21F3N2O3. The number of alkyl halides is 3. The third kappa shape index (κ3) is 4.93. The molecule has 0 spiro atoms. The van der Waals surface area contributed by atoms with Gasteiger partial charge in [-0.3, -0.25) is 9.78 Å². The van der Waals surface area contributed by atoms with E-state index in [0.29, 0.717) is 25.1 Å². The largest absolute Gasteiger partial charge is 0.444 e. The maximum Gasteiger partial charge on any atom is 0.433 e. The summed E-state index contributed by atoms with van der Waals surface area (Å²) >= 11 is 0. The van der Waals surface area contributed by atoms with E-state index in [1.165, 1.54) is 0 Å². The molecule has 0 fully saturated rings. The fourth-order valence-corrected chi connectivity index (χ4v) is 3.04. The average molecular weight is 406 g/mol. The zero-order valence-corrected chi connectivity index (χ0v) is 16.3. The van der Waals surface area contributed by atoms with Crippen molar-refractivity contribution < 1.29 is 27.5 Å². The van der Waals surface area contributed by atoms with Crippen molar-refractivity contribution in [2.75, 3.05) is 6.54 Å². The summed E-state index contributed by atoms with van der Waals surface area (Å²) in [7, 11) is 0. The van der Waals surface area contributed by atoms with Crippen molar-refractivity contribution in [2.24, 2.45) is 0 Å². The standard InChI is InChI=1S/C21H21F3N2O3/c1-20(2,3)29-19(28)26-9-8-13-4-5-14(10-16(13)12-26)18(27)15-6-7-17(25-11-15)21(22,23)24/h4-7,10-11H,8-9,12H2,1-3H3. The molecule has 29 heavy (non-hydrogen) atoms. The molecule has 154 valence electrons. The van der Waals surface area contributed by atoms with E-state index >= 15 is 0 Å². The first-order chi connectivity index (χ1) is 13.4. The number of pyridine rings is 1. The van der Waals surface area contributed by atoms with Gasteiger partial charge in [-0.1, -0.05) is 12.1 Å². The van der Waals surface area contributed by atoms with Crippen molar-refractivity contribution in [3.63, 3.8) is 0 Å². The SMILES string of the molecule is CC(C)(C)OC(=O)N1CCc2ccc(C(=O)c3ccc(C(F)(F)F)nc3)cc2C1. The summed E-state index contributed by atoms with van der Waals surface area (Å²) in [5.74, 6) is -0.427. The van der Waals surface area contributed by atoms with Crippen LogP contribution in [-0.4, -0.2) is 33.9 Å². The fraction of sp³-hybridized carbons (Fsp3) is 0.381. The first kappa shape index (κ1) is 20.8. The third-order valence-electron chi connectivity index (χ3n) is 4.45. The van der Waals surface area contributed by atoms with Gasteiger partial charge in [0.05, 0.1) is 0 Å². The predicted octanol–water partition coefficient (Wildman–Crippen LogP) is 4.62. The summed E-state index contributed by atoms with van der Waals surface area (Å²) in [6, 6.07) is 7.03. The van der Waals surface area contributed by atoms with Gasteiger partial charge in [0.2, 0.25) is 0 Å². The summed E-state index contributed by atoms with van der Waals surface area (Å²) in [6.45, 7) is 6.18. The average Bonchev–Trinajstić information content (AvgIpc) is 2.64. The summed E-state index contributed by atoms with van der Waals surface area (Å²) in [6.07, 6.45) is -3.42. The Morgan fingerprint density at radius 2 is 1.72 bits per heavy atom. The highest BCUT2D eigenvalue weighted by Crippen LogP contribution is 2.28. The molecule has 0 unspecified atom stereocenters. The van der Waals surface area contributed by atoms with Gasteiger partial charge in [0, 0.05) is 30.4 Å². The Kier molecular flexibility index (Phi) is 5.38. The number of nitrogens with zero attached hydrogens (tertiary/aromatic N) is 2. The Bertz CT molecular complexity index is 932. The highest BCUT2D eigenvalue weighted by atomic mass is 19.4. The zero-order chi connectivity index (χ0) is 21.4. The smallest absolute Gasteiger partial charge is 0.433 e. The quantitative estimate of drug-likeness (QED) is 0.683. The van der Waals surface area contributed by atoms with Gasteiger partial charge in [0.15, 0.2) is 5.78 Å². The van der Waals surface area contributed by atoms with Gasteiger partial charge in [-0.05, 0) is 56.5 Å². The van der Waals surface area contributed by atoms with Crippen LogP contribution in [0.1, 0.15) is 53.5 Å². The molecule has 0 bridgehead atoms. The van der Waals surface area contributed by atoms with Gasteiger partial charge in [0.25, 0.3) is 0 Å². The lowest BCUT2D eigenvalue weighted by Crippen LogP contribution is -2.39. The van der Waals surface area contributed by atoms with E-state index in [-0.39, 0.29) is 5.56 Å². The Balaban J connectivity index is 1.79. The van der Waals surface area contributed by atoms with E-state index in [1.807, 2.05) is 6.07 Å². The predicted molar refractivity (Wildman–Crippen MR) is 99.5 cm³/mol. The Hall–Kier alpha value is -2.90. The summed E-state index contributed by atoms with van der Waals surface area (Å²) in [5.41, 5.74) is 0.575. The number of hydrogen-bond acceptors (Lipinski definition) is 4. The molecule has 0 atom stereocenters. The molecular weight excluding hydrogens is 385 g/mol. The second-order valence-corrected chi connectivity index (χ2v) is 7.89. The lowest BCUT2D eigenvalue weighted by atomic mass is 9.95. The van der Waals surface area contributed by atoms with Crippen LogP contribution in [0.15, 0.2) is 36.5 Å². The molecule has 1 aliphatic rings. The number of halogens is 3. The Labute approximate surface area is 166 Å². The highest BCUT2D eigenvalue weighted by molar-refractivity contribution is 6.09. The molecule has 0 N–H and O–H groups in total. The number of amides is 1. The molecule has 8 heteroatoms. The van der Waals surface area contributed by atoms with Gasteiger partial charge < -0.3 is 9.64 Å². The van der Waals surface area contributed by atoms with Crippen molar-refractivity contribution in [3.8, 4) is 0 Å². The second kappa shape index (κ2) is 7.50. The van der Waals surface area contributed by atoms with E-state index in [4.69, 9.17) is 4.74 Å². The normalized spacial score (nSPS) is 14.3. The molecule has 2 heterocycles. The zero-order valence-electron chi connectivity index (χ0n) is 16.3. The van der Waals surface area contributed by atoms with Crippen LogP contribution in [0.3, 0.4) is 0 Å². The number of ether oxygens (including phenoxy) is 1. The van der Waals surface area contributed by atoms with Crippen LogP contribution in [0.2, 0.25) is 0 Å². The minimum Gasteiger partial charge on any atom is -0.444 e. The van der Waals surface area contributed by atoms with Crippen molar-refractivity contribution >= 4 is 11.9 Å². The maximum absolute atomic E-state index is 12.7. The number of fused-ring (bicyclic) bond motifs is 1. The van der Waals surface area contributed by atoms with E-state index in [9.17, 15) is 22.8 Å². The van der Waals surface area contributed by atoms with Gasteiger partial charge in [0.1, 0.15) is 11.3 Å². The van der Waals surface area contributed by atoms with Gasteiger partial charge in [-0.25, -0.2) is 4.79 Å². The minimum absolute atomic E-state index is 0.0674. The number of benzene rings is 1. The van der Waals surface area contributed by atoms with E-state index in [0.717, 1.165) is 29.5 Å². The van der Waals surface area contributed by atoms with Crippen LogP contribution in [-0.2, 0) is 23.9 Å². The van der Waals surface area contributed by atoms with Crippen LogP contribution in [0, 0.1) is 0 Å². The molecule has 1 amide bonds. The molecule has 1 aromatic carbocycles. The summed E-state index contributed by atoms with van der Waals surface area (Å²) in [5, 5.41) is 0. The van der Waals surface area contributed by atoms with Crippen molar-refractivity contribution in [1.29, 1.82) is 0 Å². The molecule has 0 saturated carbocycles. The molecule has 0 aliphatic carbocycles. The first-order valence-electron chi connectivity index (χ1n) is 9.12. The molecule has 2 aromatic rings. The fourth-order valence-electron chi connectivity index (χ4n) is 3.04. The summed E-state index contributed by atoms with van der Waals surface area (Å²) < 4.78 is 43.3. The van der Waals surface area contributed by atoms with Gasteiger partial charge in [-0.15, -0.1) is 0 Å². The molecule has 1 aromatic heterocycles. The van der Waals surface area contributed by atoms with E-state index in [1.54, 1.807) is 37.8 Å². The number of aromatic nitrogens is 1. The topological polar surface area (TPSA) is 59.5 Å². The lowest BCUT2D eigenvalue weighted by molar-refractivity contribution is -0.141. The van der Waals surface area contributed by atoms with Gasteiger partial charge in [-0.2, -0.15) is 13.2 Å². The van der Waals surface area contributed by atoms with Crippen LogP contribution in [0.5, 0.6) is 0 Å². The molecule has 0 radical (unpaired) electrons. The van der Waals surface area contributed by atoms with E-state index in [2.05, 4.69) is 4.98 Å². The number of carbonyl (C=O) groups excluding carboxylic acids is 2. The van der Waals surface area contributed by atoms with Crippen molar-refractivity contribution in [1.82, 2.24) is 9.88 Å². The van der Waals surface area contributed by atoms with Gasteiger partial charge >= 0.3 is 12.3 Å². The molecule has 5 nitrogen and oxygen atoms in total. The Morgan fingerprint density at radius 1 is 1.03 bits per heavy atom. The van der Waals surface area contributed by atoms with Crippen LogP contribution in [0.4, 0.5) is 18.0 Å². The molecule has 1 aliphatic heterocycles. The van der Waals surface area contributed by atoms with Crippen molar-refractivity contribution in [2.45, 2.75) is 45.5 Å². The molecule has 0 saturated heterocycles. The molecule has 3 rings (SSSR count). The van der Waals surface area contributed by atoms with E-state index < -0.39 is 29.3 Å². The lowest BCUT2D eigenvalue weighted by Gasteiger charge is -2.31. The maximum atomic E-state index is 12.7. The number of rotatable bonds is 2. The van der Waals surface area contributed by atoms with Crippen molar-refractivity contribution in [3.05, 3.63) is 64.5 Å². The van der Waals surface area contributed by atoms with Crippen LogP contribution in [0.25, 0.3) is 0 Å².